The fourth-order valence-corrected chi connectivity index (χ4v) is 2.39. The quantitative estimate of drug-likeness (QED) is 0.809. The average Bonchev–Trinajstić information content (AvgIpc) is 2.12. The Labute approximate surface area is 100 Å². The minimum Gasteiger partial charge on any atom is -0.310 e. The molecule has 1 heteroatoms. The first-order valence-electron chi connectivity index (χ1n) is 6.23. The Kier molecular flexibility index (Phi) is 4.55. The molecule has 1 N–H and O–H groups in total. The Balaban J connectivity index is 2.86. The molecule has 0 saturated carbocycles. The Morgan fingerprint density at radius 3 is 1.94 bits per heavy atom. The van der Waals surface area contributed by atoms with Gasteiger partial charge in [-0.15, -0.1) is 0 Å². The van der Waals surface area contributed by atoms with Crippen molar-refractivity contribution in [2.75, 3.05) is 6.54 Å². The van der Waals surface area contributed by atoms with Gasteiger partial charge in [0.25, 0.3) is 0 Å². The molecule has 0 amide bonds. The first-order chi connectivity index (χ1) is 7.41. The van der Waals surface area contributed by atoms with Gasteiger partial charge in [-0.25, -0.2) is 0 Å². The monoisotopic (exact) mass is 219 g/mol. The fraction of sp³-hybridized carbons (Fsp3) is 0.600. The van der Waals surface area contributed by atoms with Crippen molar-refractivity contribution in [2.45, 2.75) is 47.6 Å². The van der Waals surface area contributed by atoms with E-state index in [0.717, 1.165) is 6.54 Å². The zero-order chi connectivity index (χ0) is 12.3. The third kappa shape index (κ3) is 3.34. The highest BCUT2D eigenvalue weighted by Gasteiger charge is 2.11. The van der Waals surface area contributed by atoms with Crippen LogP contribution in [0.2, 0.25) is 0 Å². The molecule has 0 fully saturated rings. The van der Waals surface area contributed by atoms with E-state index in [1.807, 2.05) is 0 Å². The van der Waals surface area contributed by atoms with Gasteiger partial charge in [-0.05, 0) is 56.8 Å². The van der Waals surface area contributed by atoms with Crippen LogP contribution < -0.4 is 5.32 Å². The van der Waals surface area contributed by atoms with Gasteiger partial charge in [-0.3, -0.25) is 0 Å². The fourth-order valence-electron chi connectivity index (χ4n) is 2.39. The van der Waals surface area contributed by atoms with E-state index in [0.29, 0.717) is 12.0 Å². The lowest BCUT2D eigenvalue weighted by Gasteiger charge is -2.21. The molecule has 0 spiro atoms. The zero-order valence-electron chi connectivity index (χ0n) is 11.5. The molecule has 1 rings (SSSR count). The number of benzene rings is 1. The Morgan fingerprint density at radius 1 is 1.00 bits per heavy atom. The molecule has 90 valence electrons. The van der Waals surface area contributed by atoms with E-state index < -0.39 is 0 Å². The van der Waals surface area contributed by atoms with Crippen molar-refractivity contribution in [2.24, 2.45) is 5.92 Å². The molecule has 1 aromatic carbocycles. The smallest absolute Gasteiger partial charge is 0.0297 e. The average molecular weight is 219 g/mol. The van der Waals surface area contributed by atoms with E-state index in [2.05, 4.69) is 59.0 Å². The molecule has 0 aliphatic heterocycles. The van der Waals surface area contributed by atoms with Crippen molar-refractivity contribution < 1.29 is 0 Å². The van der Waals surface area contributed by atoms with Crippen LogP contribution in [-0.2, 0) is 0 Å². The van der Waals surface area contributed by atoms with Gasteiger partial charge >= 0.3 is 0 Å². The van der Waals surface area contributed by atoms with Gasteiger partial charge in [0.1, 0.15) is 0 Å². The molecule has 0 saturated heterocycles. The summed E-state index contributed by atoms with van der Waals surface area (Å²) in [7, 11) is 0. The van der Waals surface area contributed by atoms with Crippen molar-refractivity contribution in [3.8, 4) is 0 Å². The highest BCUT2D eigenvalue weighted by molar-refractivity contribution is 5.39. The van der Waals surface area contributed by atoms with Crippen LogP contribution in [0.4, 0.5) is 0 Å². The second-order valence-corrected chi connectivity index (χ2v) is 5.34. The van der Waals surface area contributed by atoms with Crippen molar-refractivity contribution in [3.63, 3.8) is 0 Å². The largest absolute Gasteiger partial charge is 0.310 e. The van der Waals surface area contributed by atoms with Crippen LogP contribution in [-0.4, -0.2) is 6.54 Å². The normalized spacial score (nSPS) is 13.2. The van der Waals surface area contributed by atoms with Crippen molar-refractivity contribution in [1.29, 1.82) is 0 Å². The Bertz CT molecular complexity index is 329. The second-order valence-electron chi connectivity index (χ2n) is 5.34. The van der Waals surface area contributed by atoms with Gasteiger partial charge in [0.15, 0.2) is 0 Å². The highest BCUT2D eigenvalue weighted by atomic mass is 14.9. The van der Waals surface area contributed by atoms with Crippen molar-refractivity contribution in [3.05, 3.63) is 34.4 Å². The van der Waals surface area contributed by atoms with Crippen LogP contribution in [0.15, 0.2) is 12.1 Å². The lowest BCUT2D eigenvalue weighted by atomic mass is 9.94. The van der Waals surface area contributed by atoms with Crippen LogP contribution in [0, 0.1) is 26.7 Å². The highest BCUT2D eigenvalue weighted by Crippen LogP contribution is 2.23. The maximum atomic E-state index is 3.60. The van der Waals surface area contributed by atoms with Gasteiger partial charge < -0.3 is 5.32 Å². The molecule has 0 aliphatic rings. The summed E-state index contributed by atoms with van der Waals surface area (Å²) < 4.78 is 0. The third-order valence-electron chi connectivity index (χ3n) is 3.00. The molecule has 1 unspecified atom stereocenters. The molecule has 0 radical (unpaired) electrons. The molecule has 0 aliphatic carbocycles. The zero-order valence-corrected chi connectivity index (χ0v) is 11.5. The van der Waals surface area contributed by atoms with Crippen LogP contribution in [0.5, 0.6) is 0 Å². The van der Waals surface area contributed by atoms with E-state index >= 15 is 0 Å². The number of rotatable bonds is 4. The summed E-state index contributed by atoms with van der Waals surface area (Å²) in [5.74, 6) is 0.702. The number of hydrogen-bond donors (Lipinski definition) is 1. The van der Waals surface area contributed by atoms with E-state index in [1.165, 1.54) is 22.3 Å². The summed E-state index contributed by atoms with van der Waals surface area (Å²) in [6, 6.07) is 4.99. The molecule has 0 aromatic heterocycles. The van der Waals surface area contributed by atoms with Gasteiger partial charge in [-0.1, -0.05) is 31.5 Å². The number of aryl methyl sites for hydroxylation is 3. The Morgan fingerprint density at radius 2 is 1.50 bits per heavy atom. The van der Waals surface area contributed by atoms with E-state index in [9.17, 15) is 0 Å². The van der Waals surface area contributed by atoms with Crippen LogP contribution in [0.25, 0.3) is 0 Å². The molecule has 16 heavy (non-hydrogen) atoms. The second kappa shape index (κ2) is 5.49. The standard InChI is InChI=1S/C15H25N/c1-10(2)9-16-14(6)15-12(4)7-11(3)8-13(15)5/h7-8,10,14,16H,9H2,1-6H3. The van der Waals surface area contributed by atoms with Gasteiger partial charge in [0.2, 0.25) is 0 Å². The molecular weight excluding hydrogens is 194 g/mol. The SMILES string of the molecule is Cc1cc(C)c(C(C)NCC(C)C)c(C)c1. The first-order valence-corrected chi connectivity index (χ1v) is 6.23. The molecule has 1 aromatic rings. The minimum absolute atomic E-state index is 0.447. The summed E-state index contributed by atoms with van der Waals surface area (Å²) in [5.41, 5.74) is 5.63. The maximum Gasteiger partial charge on any atom is 0.0297 e. The molecule has 0 heterocycles. The van der Waals surface area contributed by atoms with Gasteiger partial charge in [0.05, 0.1) is 0 Å². The van der Waals surface area contributed by atoms with Crippen molar-refractivity contribution >= 4 is 0 Å². The third-order valence-corrected chi connectivity index (χ3v) is 3.00. The summed E-state index contributed by atoms with van der Waals surface area (Å²) >= 11 is 0. The summed E-state index contributed by atoms with van der Waals surface area (Å²) in [6.07, 6.45) is 0. The number of hydrogen-bond acceptors (Lipinski definition) is 1. The van der Waals surface area contributed by atoms with Crippen LogP contribution in [0.1, 0.15) is 49.1 Å². The number of nitrogens with one attached hydrogen (secondary N) is 1. The topological polar surface area (TPSA) is 12.0 Å². The first kappa shape index (κ1) is 13.2. The molecular formula is C15H25N. The molecule has 1 atom stereocenters. The lowest BCUT2D eigenvalue weighted by molar-refractivity contribution is 0.494. The Hall–Kier alpha value is -0.820. The molecule has 1 nitrogen and oxygen atoms in total. The van der Waals surface area contributed by atoms with Gasteiger partial charge in [-0.2, -0.15) is 0 Å². The molecule has 0 bridgehead atoms. The summed E-state index contributed by atoms with van der Waals surface area (Å²) in [6.45, 7) is 14.4. The lowest BCUT2D eigenvalue weighted by Crippen LogP contribution is -2.24. The van der Waals surface area contributed by atoms with E-state index in [-0.39, 0.29) is 0 Å². The maximum absolute atomic E-state index is 3.60. The van der Waals surface area contributed by atoms with E-state index in [1.54, 1.807) is 0 Å². The van der Waals surface area contributed by atoms with Crippen LogP contribution >= 0.6 is 0 Å². The minimum atomic E-state index is 0.447. The van der Waals surface area contributed by atoms with Crippen LogP contribution in [0.3, 0.4) is 0 Å². The predicted octanol–water partition coefficient (Wildman–Crippen LogP) is 3.92. The van der Waals surface area contributed by atoms with Crippen molar-refractivity contribution in [1.82, 2.24) is 5.32 Å². The predicted molar refractivity (Wildman–Crippen MR) is 71.9 cm³/mol. The summed E-state index contributed by atoms with van der Waals surface area (Å²) in [5, 5.41) is 3.60. The van der Waals surface area contributed by atoms with Gasteiger partial charge in [0, 0.05) is 6.04 Å². The summed E-state index contributed by atoms with van der Waals surface area (Å²) in [4.78, 5) is 0. The van der Waals surface area contributed by atoms with E-state index in [4.69, 9.17) is 0 Å².